The van der Waals surface area contributed by atoms with Crippen molar-refractivity contribution in [2.24, 2.45) is 11.8 Å². The van der Waals surface area contributed by atoms with Crippen LogP contribution in [0.25, 0.3) is 0 Å². The lowest BCUT2D eigenvalue weighted by atomic mass is 10.1. The van der Waals surface area contributed by atoms with Crippen molar-refractivity contribution in [1.82, 2.24) is 5.32 Å². The van der Waals surface area contributed by atoms with Crippen LogP contribution in [0.4, 0.5) is 13.2 Å². The van der Waals surface area contributed by atoms with E-state index in [0.29, 0.717) is 12.0 Å². The van der Waals surface area contributed by atoms with Gasteiger partial charge in [-0.15, -0.1) is 0 Å². The summed E-state index contributed by atoms with van der Waals surface area (Å²) in [5.74, 6) is -2.64. The molecule has 1 amide bonds. The Morgan fingerprint density at radius 3 is 2.68 bits per heavy atom. The topological polar surface area (TPSA) is 66.4 Å². The van der Waals surface area contributed by atoms with Gasteiger partial charge in [0, 0.05) is 12.5 Å². The van der Waals surface area contributed by atoms with E-state index in [0.717, 1.165) is 12.1 Å². The van der Waals surface area contributed by atoms with E-state index in [9.17, 15) is 22.8 Å². The number of halogens is 3. The third-order valence-electron chi connectivity index (χ3n) is 3.77. The summed E-state index contributed by atoms with van der Waals surface area (Å²) in [5.41, 5.74) is -0.239. The number of amides is 1. The SMILES string of the molecule is CC(CNC(=O)C1CC1c1cccc(C(F)(F)F)c1)C(=O)O. The van der Waals surface area contributed by atoms with Gasteiger partial charge in [0.2, 0.25) is 5.91 Å². The van der Waals surface area contributed by atoms with Gasteiger partial charge in [0.1, 0.15) is 0 Å². The number of carboxylic acid groups (broad SMARTS) is 1. The Morgan fingerprint density at radius 1 is 1.41 bits per heavy atom. The largest absolute Gasteiger partial charge is 0.481 e. The lowest BCUT2D eigenvalue weighted by Gasteiger charge is -2.10. The molecule has 7 heteroatoms. The molecule has 0 saturated heterocycles. The lowest BCUT2D eigenvalue weighted by molar-refractivity contribution is -0.141. The molecule has 0 spiro atoms. The molecule has 120 valence electrons. The van der Waals surface area contributed by atoms with Crippen LogP contribution in [0.5, 0.6) is 0 Å². The molecule has 0 bridgehead atoms. The molecule has 0 radical (unpaired) electrons. The quantitative estimate of drug-likeness (QED) is 0.878. The molecule has 0 heterocycles. The fraction of sp³-hybridized carbons (Fsp3) is 0.467. The van der Waals surface area contributed by atoms with E-state index in [1.807, 2.05) is 0 Å². The van der Waals surface area contributed by atoms with Crippen molar-refractivity contribution < 1.29 is 27.9 Å². The van der Waals surface area contributed by atoms with Crippen LogP contribution in [0.2, 0.25) is 0 Å². The zero-order valence-electron chi connectivity index (χ0n) is 11.9. The van der Waals surface area contributed by atoms with Crippen molar-refractivity contribution in [3.8, 4) is 0 Å². The van der Waals surface area contributed by atoms with Crippen LogP contribution in [0.15, 0.2) is 24.3 Å². The number of alkyl halides is 3. The number of carbonyl (C=O) groups is 2. The van der Waals surface area contributed by atoms with Crippen LogP contribution in [0.1, 0.15) is 30.4 Å². The molecule has 1 aromatic carbocycles. The highest BCUT2D eigenvalue weighted by Gasteiger charge is 2.44. The Bertz CT molecular complexity index is 586. The van der Waals surface area contributed by atoms with Gasteiger partial charge in [0.25, 0.3) is 0 Å². The summed E-state index contributed by atoms with van der Waals surface area (Å²) in [6.07, 6.45) is -3.92. The first-order valence-corrected chi connectivity index (χ1v) is 6.88. The van der Waals surface area contributed by atoms with E-state index in [1.165, 1.54) is 13.0 Å². The predicted octanol–water partition coefficient (Wildman–Crippen LogP) is 2.65. The summed E-state index contributed by atoms with van der Waals surface area (Å²) < 4.78 is 38.0. The molecule has 22 heavy (non-hydrogen) atoms. The first-order valence-electron chi connectivity index (χ1n) is 6.88. The van der Waals surface area contributed by atoms with Gasteiger partial charge in [-0.1, -0.05) is 25.1 Å². The average Bonchev–Trinajstić information content (AvgIpc) is 3.24. The summed E-state index contributed by atoms with van der Waals surface area (Å²) in [6.45, 7) is 1.49. The molecule has 1 fully saturated rings. The van der Waals surface area contributed by atoms with Crippen LogP contribution in [0.3, 0.4) is 0 Å². The molecule has 1 saturated carbocycles. The molecule has 3 unspecified atom stereocenters. The third-order valence-corrected chi connectivity index (χ3v) is 3.77. The zero-order chi connectivity index (χ0) is 16.5. The van der Waals surface area contributed by atoms with E-state index >= 15 is 0 Å². The second-order valence-electron chi connectivity index (χ2n) is 5.56. The number of carbonyl (C=O) groups excluding carboxylic acids is 1. The maximum Gasteiger partial charge on any atom is 0.416 e. The smallest absolute Gasteiger partial charge is 0.416 e. The molecule has 1 aromatic rings. The van der Waals surface area contributed by atoms with Crippen LogP contribution in [-0.4, -0.2) is 23.5 Å². The second-order valence-corrected chi connectivity index (χ2v) is 5.56. The first-order chi connectivity index (χ1) is 10.2. The highest BCUT2D eigenvalue weighted by molar-refractivity contribution is 5.83. The molecular formula is C15H16F3NO3. The summed E-state index contributed by atoms with van der Waals surface area (Å²) in [6, 6.07) is 4.97. The van der Waals surface area contributed by atoms with Gasteiger partial charge in [-0.05, 0) is 24.0 Å². The van der Waals surface area contributed by atoms with Gasteiger partial charge in [-0.2, -0.15) is 13.2 Å². The van der Waals surface area contributed by atoms with Crippen molar-refractivity contribution in [2.45, 2.75) is 25.4 Å². The first kappa shape index (κ1) is 16.3. The summed E-state index contributed by atoms with van der Waals surface area (Å²) >= 11 is 0. The minimum Gasteiger partial charge on any atom is -0.481 e. The molecule has 2 rings (SSSR count). The van der Waals surface area contributed by atoms with E-state index < -0.39 is 23.6 Å². The molecule has 1 aliphatic carbocycles. The molecule has 0 aliphatic heterocycles. The molecule has 4 nitrogen and oxygen atoms in total. The van der Waals surface area contributed by atoms with E-state index in [2.05, 4.69) is 5.32 Å². The molecule has 0 aromatic heterocycles. The van der Waals surface area contributed by atoms with Crippen molar-refractivity contribution in [3.05, 3.63) is 35.4 Å². The number of nitrogens with one attached hydrogen (secondary N) is 1. The van der Waals surface area contributed by atoms with Crippen LogP contribution < -0.4 is 5.32 Å². The Hall–Kier alpha value is -2.05. The Labute approximate surface area is 125 Å². The molecule has 3 atom stereocenters. The summed E-state index contributed by atoms with van der Waals surface area (Å²) in [7, 11) is 0. The van der Waals surface area contributed by atoms with Gasteiger partial charge < -0.3 is 10.4 Å². The van der Waals surface area contributed by atoms with Crippen molar-refractivity contribution in [1.29, 1.82) is 0 Å². The minimum absolute atomic E-state index is 0.0139. The molecule has 1 aliphatic rings. The zero-order valence-corrected chi connectivity index (χ0v) is 11.9. The molecule has 2 N–H and O–H groups in total. The van der Waals surface area contributed by atoms with Gasteiger partial charge in [0.05, 0.1) is 11.5 Å². The Kier molecular flexibility index (Phi) is 4.44. The number of rotatable bonds is 5. The predicted molar refractivity (Wildman–Crippen MR) is 72.1 cm³/mol. The monoisotopic (exact) mass is 315 g/mol. The standard InChI is InChI=1S/C15H16F3NO3/c1-8(14(21)22)7-19-13(20)12-6-11(12)9-3-2-4-10(5-9)15(16,17)18/h2-5,8,11-12H,6-7H2,1H3,(H,19,20)(H,21,22). The van der Waals surface area contributed by atoms with Gasteiger partial charge in [-0.3, -0.25) is 9.59 Å². The Balaban J connectivity index is 1.95. The van der Waals surface area contributed by atoms with E-state index in [-0.39, 0.29) is 24.3 Å². The van der Waals surface area contributed by atoms with Crippen molar-refractivity contribution in [2.75, 3.05) is 6.54 Å². The number of aliphatic carboxylic acids is 1. The number of hydrogen-bond acceptors (Lipinski definition) is 2. The highest BCUT2D eigenvalue weighted by atomic mass is 19.4. The van der Waals surface area contributed by atoms with Gasteiger partial charge in [0.15, 0.2) is 0 Å². The van der Waals surface area contributed by atoms with Gasteiger partial charge >= 0.3 is 12.1 Å². The van der Waals surface area contributed by atoms with Crippen molar-refractivity contribution in [3.63, 3.8) is 0 Å². The van der Waals surface area contributed by atoms with Crippen LogP contribution >= 0.6 is 0 Å². The fourth-order valence-corrected chi connectivity index (χ4v) is 2.27. The van der Waals surface area contributed by atoms with Crippen LogP contribution in [0, 0.1) is 11.8 Å². The third kappa shape index (κ3) is 3.78. The maximum atomic E-state index is 12.7. The number of carboxylic acids is 1. The summed E-state index contributed by atoms with van der Waals surface area (Å²) in [4.78, 5) is 22.5. The normalized spacial score (nSPS) is 22.0. The average molecular weight is 315 g/mol. The summed E-state index contributed by atoms with van der Waals surface area (Å²) in [5, 5.41) is 11.3. The highest BCUT2D eigenvalue weighted by Crippen LogP contribution is 2.48. The lowest BCUT2D eigenvalue weighted by Crippen LogP contribution is -2.32. The maximum absolute atomic E-state index is 12.7. The van der Waals surface area contributed by atoms with E-state index in [1.54, 1.807) is 6.07 Å². The Morgan fingerprint density at radius 2 is 2.09 bits per heavy atom. The van der Waals surface area contributed by atoms with Crippen LogP contribution in [-0.2, 0) is 15.8 Å². The second kappa shape index (κ2) is 5.98. The van der Waals surface area contributed by atoms with Gasteiger partial charge in [-0.25, -0.2) is 0 Å². The molecular weight excluding hydrogens is 299 g/mol. The number of benzene rings is 1. The fourth-order valence-electron chi connectivity index (χ4n) is 2.27. The minimum atomic E-state index is -4.40. The number of hydrogen-bond donors (Lipinski definition) is 2. The van der Waals surface area contributed by atoms with Crippen molar-refractivity contribution >= 4 is 11.9 Å². The van der Waals surface area contributed by atoms with E-state index in [4.69, 9.17) is 5.11 Å².